The summed E-state index contributed by atoms with van der Waals surface area (Å²) in [5.74, 6) is 6.48. The maximum absolute atomic E-state index is 11.1. The van der Waals surface area contributed by atoms with Crippen LogP contribution in [0.15, 0.2) is 134 Å². The van der Waals surface area contributed by atoms with E-state index in [-0.39, 0.29) is 5.92 Å². The molecule has 6 heteroatoms. The Hall–Kier alpha value is -4.65. The molecule has 1 heterocycles. The van der Waals surface area contributed by atoms with Crippen molar-refractivity contribution in [3.63, 3.8) is 0 Å². The van der Waals surface area contributed by atoms with Crippen molar-refractivity contribution in [2.45, 2.75) is 32.2 Å². The van der Waals surface area contributed by atoms with Crippen LogP contribution in [-0.4, -0.2) is 5.21 Å². The molecule has 1 aromatic heterocycles. The zero-order valence-electron chi connectivity index (χ0n) is 23.2. The van der Waals surface area contributed by atoms with Gasteiger partial charge in [-0.05, 0) is 28.2 Å². The number of hydrogen-bond donors (Lipinski definition) is 2. The fraction of sp³-hybridized carbons (Fsp3) is 0.171. The van der Waals surface area contributed by atoms with Crippen molar-refractivity contribution in [3.8, 4) is 11.5 Å². The van der Waals surface area contributed by atoms with Gasteiger partial charge in [0.25, 0.3) is 11.9 Å². The number of nitrogens with two attached hydrogens (primary N) is 1. The van der Waals surface area contributed by atoms with Crippen LogP contribution in [0.1, 0.15) is 60.1 Å². The third-order valence-corrected chi connectivity index (χ3v) is 6.97. The van der Waals surface area contributed by atoms with Crippen LogP contribution in [0.5, 0.6) is 11.5 Å². The second-order valence-corrected chi connectivity index (χ2v) is 10.2. The first kappa shape index (κ1) is 27.9. The molecule has 5 aromatic rings. The standard InChI is InChI=1S/C35H35N2O4/c1-25(2)33(41-36)30-23-31(39-34(26-15-7-3-8-16-26)27-17-9-4-10-18-27)32(24-37(30)38)40-35(28-19-11-5-12-20-28)29-21-13-6-14-22-29/h3-25,33-35,38H,36H2,1-2H3/q+1/t33-/m1/s1. The minimum Gasteiger partial charge on any atom is -0.477 e. The van der Waals surface area contributed by atoms with E-state index in [1.165, 1.54) is 6.20 Å². The number of benzene rings is 4. The molecule has 0 unspecified atom stereocenters. The topological polar surface area (TPSA) is 77.8 Å². The summed E-state index contributed by atoms with van der Waals surface area (Å²) in [7, 11) is 0. The zero-order chi connectivity index (χ0) is 28.6. The van der Waals surface area contributed by atoms with Crippen LogP contribution in [-0.2, 0) is 4.84 Å². The quantitative estimate of drug-likeness (QED) is 0.104. The first-order chi connectivity index (χ1) is 20.0. The fourth-order valence-corrected chi connectivity index (χ4v) is 4.90. The van der Waals surface area contributed by atoms with Gasteiger partial charge in [0, 0.05) is 4.73 Å². The number of aromatic nitrogens is 1. The Morgan fingerprint density at radius 1 is 0.585 bits per heavy atom. The van der Waals surface area contributed by atoms with E-state index < -0.39 is 18.3 Å². The molecule has 0 aliphatic heterocycles. The summed E-state index contributed by atoms with van der Waals surface area (Å²) < 4.78 is 14.5. The summed E-state index contributed by atoms with van der Waals surface area (Å²) in [6.45, 7) is 3.94. The Labute approximate surface area is 241 Å². The fourth-order valence-electron chi connectivity index (χ4n) is 4.90. The van der Waals surface area contributed by atoms with Gasteiger partial charge in [0.1, 0.15) is 12.2 Å². The Bertz CT molecular complexity index is 1440. The number of pyridine rings is 1. The molecule has 208 valence electrons. The number of hydrogen-bond acceptors (Lipinski definition) is 5. The van der Waals surface area contributed by atoms with Crippen molar-refractivity contribution in [2.24, 2.45) is 11.8 Å². The number of ether oxygens (including phenoxy) is 2. The first-order valence-electron chi connectivity index (χ1n) is 13.7. The van der Waals surface area contributed by atoms with E-state index in [1.54, 1.807) is 6.07 Å². The van der Waals surface area contributed by atoms with Crippen LogP contribution in [0, 0.1) is 5.92 Å². The monoisotopic (exact) mass is 547 g/mol. The van der Waals surface area contributed by atoms with Gasteiger partial charge in [0.05, 0.1) is 6.07 Å². The average Bonchev–Trinajstić information content (AvgIpc) is 3.02. The molecule has 0 aliphatic rings. The van der Waals surface area contributed by atoms with Crippen LogP contribution in [0.4, 0.5) is 0 Å². The molecule has 6 nitrogen and oxygen atoms in total. The molecule has 0 saturated heterocycles. The van der Waals surface area contributed by atoms with Crippen molar-refractivity contribution < 1.29 is 24.2 Å². The van der Waals surface area contributed by atoms with E-state index in [9.17, 15) is 5.21 Å². The highest BCUT2D eigenvalue weighted by atomic mass is 16.6. The van der Waals surface area contributed by atoms with Gasteiger partial charge in [0.15, 0.2) is 11.9 Å². The maximum atomic E-state index is 11.1. The molecule has 0 spiro atoms. The lowest BCUT2D eigenvalue weighted by Gasteiger charge is -2.25. The van der Waals surface area contributed by atoms with E-state index in [1.807, 2.05) is 135 Å². The molecule has 0 aliphatic carbocycles. The van der Waals surface area contributed by atoms with E-state index in [0.717, 1.165) is 27.0 Å². The Balaban J connectivity index is 1.64. The predicted octanol–water partition coefficient (Wildman–Crippen LogP) is 7.14. The van der Waals surface area contributed by atoms with Crippen LogP contribution >= 0.6 is 0 Å². The summed E-state index contributed by atoms with van der Waals surface area (Å²) in [6.07, 6.45) is 0.0437. The van der Waals surface area contributed by atoms with Crippen molar-refractivity contribution in [1.82, 2.24) is 0 Å². The second-order valence-electron chi connectivity index (χ2n) is 10.2. The van der Waals surface area contributed by atoms with Gasteiger partial charge in [0.2, 0.25) is 5.75 Å². The van der Waals surface area contributed by atoms with Crippen molar-refractivity contribution in [3.05, 3.63) is 162 Å². The van der Waals surface area contributed by atoms with Crippen LogP contribution < -0.4 is 20.1 Å². The molecule has 0 amide bonds. The third-order valence-electron chi connectivity index (χ3n) is 6.97. The van der Waals surface area contributed by atoms with Gasteiger partial charge in [-0.3, -0.25) is 10.0 Å². The van der Waals surface area contributed by atoms with Crippen molar-refractivity contribution in [2.75, 3.05) is 0 Å². The van der Waals surface area contributed by atoms with Gasteiger partial charge < -0.3 is 9.47 Å². The normalized spacial score (nSPS) is 12.0. The Kier molecular flexibility index (Phi) is 8.94. The van der Waals surface area contributed by atoms with E-state index in [4.69, 9.17) is 20.2 Å². The Morgan fingerprint density at radius 3 is 1.29 bits per heavy atom. The molecule has 1 atom stereocenters. The van der Waals surface area contributed by atoms with Crippen LogP contribution in [0.25, 0.3) is 0 Å². The molecule has 5 rings (SSSR count). The number of rotatable bonds is 11. The van der Waals surface area contributed by atoms with Gasteiger partial charge in [-0.15, -0.1) is 0 Å². The van der Waals surface area contributed by atoms with E-state index in [2.05, 4.69) is 0 Å². The highest BCUT2D eigenvalue weighted by molar-refractivity contribution is 5.42. The molecule has 0 fully saturated rings. The zero-order valence-corrected chi connectivity index (χ0v) is 23.2. The van der Waals surface area contributed by atoms with Gasteiger partial charge in [-0.1, -0.05) is 135 Å². The minimum absolute atomic E-state index is 0.0153. The maximum Gasteiger partial charge on any atom is 0.269 e. The summed E-state index contributed by atoms with van der Waals surface area (Å²) in [5.41, 5.74) is 4.33. The largest absolute Gasteiger partial charge is 0.477 e. The highest BCUT2D eigenvalue weighted by Crippen LogP contribution is 2.39. The molecule has 0 radical (unpaired) electrons. The summed E-state index contributed by atoms with van der Waals surface area (Å²) in [5, 5.41) is 11.1. The van der Waals surface area contributed by atoms with Crippen molar-refractivity contribution in [1.29, 1.82) is 0 Å². The summed E-state index contributed by atoms with van der Waals surface area (Å²) in [4.78, 5) is 5.29. The molecule has 0 bridgehead atoms. The second kappa shape index (κ2) is 13.1. The molecular formula is C35H35N2O4+. The van der Waals surface area contributed by atoms with Gasteiger partial charge in [-0.2, -0.15) is 0 Å². The lowest BCUT2D eigenvalue weighted by atomic mass is 10.0. The predicted molar refractivity (Wildman–Crippen MR) is 157 cm³/mol. The summed E-state index contributed by atoms with van der Waals surface area (Å²) >= 11 is 0. The van der Waals surface area contributed by atoms with Crippen LogP contribution in [0.2, 0.25) is 0 Å². The molecule has 4 aromatic carbocycles. The molecule has 0 saturated carbocycles. The average molecular weight is 548 g/mol. The number of nitrogens with zero attached hydrogens (tertiary/aromatic N) is 1. The minimum atomic E-state index is -0.581. The molecular weight excluding hydrogens is 512 g/mol. The molecule has 3 N–H and O–H groups in total. The van der Waals surface area contributed by atoms with Gasteiger partial charge >= 0.3 is 0 Å². The highest BCUT2D eigenvalue weighted by Gasteiger charge is 2.32. The van der Waals surface area contributed by atoms with E-state index >= 15 is 0 Å². The lowest BCUT2D eigenvalue weighted by Crippen LogP contribution is -2.39. The van der Waals surface area contributed by atoms with Crippen molar-refractivity contribution >= 4 is 0 Å². The first-order valence-corrected chi connectivity index (χ1v) is 13.7. The van der Waals surface area contributed by atoms with E-state index in [0.29, 0.717) is 17.2 Å². The SMILES string of the molecule is CC(C)[C@@H](ON)c1cc(OC(c2ccccc2)c2ccccc2)c(OC(c2ccccc2)c2ccccc2)c[n+]1O. The lowest BCUT2D eigenvalue weighted by molar-refractivity contribution is -0.911. The summed E-state index contributed by atoms with van der Waals surface area (Å²) in [6, 6.07) is 41.7. The smallest absolute Gasteiger partial charge is 0.269 e. The van der Waals surface area contributed by atoms with Crippen LogP contribution in [0.3, 0.4) is 0 Å². The molecule has 41 heavy (non-hydrogen) atoms. The van der Waals surface area contributed by atoms with Gasteiger partial charge in [-0.25, -0.2) is 5.90 Å². The Morgan fingerprint density at radius 2 is 0.951 bits per heavy atom. The third kappa shape index (κ3) is 6.57.